The number of piperidine rings is 1. The van der Waals surface area contributed by atoms with Crippen molar-refractivity contribution in [1.29, 1.82) is 5.26 Å². The highest BCUT2D eigenvalue weighted by Gasteiger charge is 2.18. The van der Waals surface area contributed by atoms with Crippen LogP contribution in [0.15, 0.2) is 30.0 Å². The van der Waals surface area contributed by atoms with Crippen molar-refractivity contribution >= 4 is 28.9 Å². The summed E-state index contributed by atoms with van der Waals surface area (Å²) in [6, 6.07) is 5.82. The summed E-state index contributed by atoms with van der Waals surface area (Å²) in [5.74, 6) is 0.0383. The summed E-state index contributed by atoms with van der Waals surface area (Å²) >= 11 is 5.73. The fourth-order valence-corrected chi connectivity index (χ4v) is 2.59. The van der Waals surface area contributed by atoms with Gasteiger partial charge in [0, 0.05) is 31.0 Å². The Morgan fingerprint density at radius 1 is 1.50 bits per heavy atom. The first-order chi connectivity index (χ1) is 11.4. The molecule has 0 atom stereocenters. The molecule has 8 heteroatoms. The third-order valence-corrected chi connectivity index (χ3v) is 4.22. The van der Waals surface area contributed by atoms with Gasteiger partial charge in [0.1, 0.15) is 16.7 Å². The molecule has 1 amide bonds. The molecular formula is C16H17ClN4O3. The van der Waals surface area contributed by atoms with Gasteiger partial charge in [-0.3, -0.25) is 14.9 Å². The molecule has 1 aliphatic heterocycles. The monoisotopic (exact) mass is 348 g/mol. The first-order valence-electron chi connectivity index (χ1n) is 7.52. The van der Waals surface area contributed by atoms with Gasteiger partial charge in [0.15, 0.2) is 0 Å². The Morgan fingerprint density at radius 2 is 2.17 bits per heavy atom. The van der Waals surface area contributed by atoms with Crippen LogP contribution in [0.5, 0.6) is 0 Å². The van der Waals surface area contributed by atoms with Crippen molar-refractivity contribution in [3.05, 3.63) is 45.1 Å². The Hall–Kier alpha value is -2.59. The van der Waals surface area contributed by atoms with Crippen molar-refractivity contribution in [2.75, 3.05) is 18.4 Å². The summed E-state index contributed by atoms with van der Waals surface area (Å²) in [6.07, 6.45) is 3.58. The number of anilines is 1. The first kappa shape index (κ1) is 17.8. The predicted octanol–water partition coefficient (Wildman–Crippen LogP) is 3.33. The molecular weight excluding hydrogens is 332 g/mol. The fourth-order valence-electron chi connectivity index (χ4n) is 2.41. The predicted molar refractivity (Wildman–Crippen MR) is 90.4 cm³/mol. The Kier molecular flexibility index (Phi) is 5.77. The highest BCUT2D eigenvalue weighted by molar-refractivity contribution is 6.32. The number of rotatable bonds is 4. The number of carbonyl (C=O) groups is 1. The van der Waals surface area contributed by atoms with Crippen molar-refractivity contribution in [2.24, 2.45) is 5.92 Å². The van der Waals surface area contributed by atoms with Crippen LogP contribution in [-0.2, 0) is 4.79 Å². The van der Waals surface area contributed by atoms with Crippen molar-refractivity contribution < 1.29 is 9.72 Å². The van der Waals surface area contributed by atoms with Gasteiger partial charge < -0.3 is 10.2 Å². The van der Waals surface area contributed by atoms with Gasteiger partial charge in [-0.1, -0.05) is 18.5 Å². The van der Waals surface area contributed by atoms with Gasteiger partial charge in [0.2, 0.25) is 0 Å². The fraction of sp³-hybridized carbons (Fsp3) is 0.375. The van der Waals surface area contributed by atoms with E-state index in [1.807, 2.05) is 11.0 Å². The summed E-state index contributed by atoms with van der Waals surface area (Å²) in [6.45, 7) is 3.77. The zero-order valence-corrected chi connectivity index (χ0v) is 13.9. The average molecular weight is 349 g/mol. The quantitative estimate of drug-likeness (QED) is 0.389. The Balaban J connectivity index is 2.11. The standard InChI is InChI=1S/C16H17ClN4O3/c1-11-4-6-20(7-5-11)10-12(9-18)16(22)19-13-2-3-14(17)15(8-13)21(23)24/h2-3,8,10-11H,4-7H2,1H3,(H,19,22)/b12-10-. The van der Waals surface area contributed by atoms with E-state index < -0.39 is 10.8 Å². The molecule has 0 saturated carbocycles. The lowest BCUT2D eigenvalue weighted by Gasteiger charge is -2.29. The van der Waals surface area contributed by atoms with E-state index in [0.29, 0.717) is 5.92 Å². The van der Waals surface area contributed by atoms with E-state index in [-0.39, 0.29) is 22.0 Å². The molecule has 1 fully saturated rings. The summed E-state index contributed by atoms with van der Waals surface area (Å²) in [5.41, 5.74) is -0.131. The van der Waals surface area contributed by atoms with Crippen LogP contribution in [0.4, 0.5) is 11.4 Å². The molecule has 1 aromatic rings. The molecule has 24 heavy (non-hydrogen) atoms. The van der Waals surface area contributed by atoms with Crippen molar-refractivity contribution in [3.8, 4) is 6.07 Å². The lowest BCUT2D eigenvalue weighted by atomic mass is 9.99. The van der Waals surface area contributed by atoms with Crippen LogP contribution in [0.1, 0.15) is 19.8 Å². The summed E-state index contributed by atoms with van der Waals surface area (Å²) in [7, 11) is 0. The molecule has 1 N–H and O–H groups in total. The van der Waals surface area contributed by atoms with Gasteiger partial charge in [0.25, 0.3) is 11.6 Å². The second kappa shape index (κ2) is 7.79. The number of amides is 1. The number of nitrogens with zero attached hydrogens (tertiary/aromatic N) is 3. The number of benzene rings is 1. The normalized spacial score (nSPS) is 15.7. The van der Waals surface area contributed by atoms with E-state index in [4.69, 9.17) is 11.6 Å². The molecule has 0 bridgehead atoms. The summed E-state index contributed by atoms with van der Waals surface area (Å²) in [5, 5.41) is 22.6. The van der Waals surface area contributed by atoms with Crippen LogP contribution in [0.3, 0.4) is 0 Å². The number of nitro groups is 1. The largest absolute Gasteiger partial charge is 0.376 e. The Bertz CT molecular complexity index is 719. The van der Waals surface area contributed by atoms with E-state index >= 15 is 0 Å². The number of nitro benzene ring substituents is 1. The van der Waals surface area contributed by atoms with E-state index in [1.165, 1.54) is 12.1 Å². The topological polar surface area (TPSA) is 99.3 Å². The first-order valence-corrected chi connectivity index (χ1v) is 7.89. The van der Waals surface area contributed by atoms with Gasteiger partial charge in [-0.15, -0.1) is 0 Å². The van der Waals surface area contributed by atoms with Gasteiger partial charge in [-0.25, -0.2) is 0 Å². The smallest absolute Gasteiger partial charge is 0.289 e. The van der Waals surface area contributed by atoms with E-state index in [1.54, 1.807) is 6.20 Å². The molecule has 7 nitrogen and oxygen atoms in total. The third kappa shape index (κ3) is 4.46. The molecule has 1 aliphatic rings. The third-order valence-electron chi connectivity index (χ3n) is 3.90. The molecule has 2 rings (SSSR count). The van der Waals surface area contributed by atoms with Crippen molar-refractivity contribution in [3.63, 3.8) is 0 Å². The number of nitrogens with one attached hydrogen (secondary N) is 1. The second-order valence-electron chi connectivity index (χ2n) is 5.75. The molecule has 0 aliphatic carbocycles. The lowest BCUT2D eigenvalue weighted by Crippen LogP contribution is -2.29. The number of halogens is 1. The molecule has 0 aromatic heterocycles. The highest BCUT2D eigenvalue weighted by atomic mass is 35.5. The number of nitriles is 1. The Labute approximate surface area is 144 Å². The maximum absolute atomic E-state index is 12.2. The van der Waals surface area contributed by atoms with Crippen LogP contribution in [0.2, 0.25) is 5.02 Å². The number of hydrogen-bond acceptors (Lipinski definition) is 5. The molecule has 1 saturated heterocycles. The minimum Gasteiger partial charge on any atom is -0.376 e. The molecule has 126 valence electrons. The highest BCUT2D eigenvalue weighted by Crippen LogP contribution is 2.27. The number of likely N-dealkylation sites (tertiary alicyclic amines) is 1. The van der Waals surface area contributed by atoms with E-state index in [2.05, 4.69) is 12.2 Å². The lowest BCUT2D eigenvalue weighted by molar-refractivity contribution is -0.384. The van der Waals surface area contributed by atoms with E-state index in [9.17, 15) is 20.2 Å². The van der Waals surface area contributed by atoms with Crippen LogP contribution in [0, 0.1) is 27.4 Å². The minimum atomic E-state index is -0.631. The zero-order chi connectivity index (χ0) is 17.7. The molecule has 1 heterocycles. The molecule has 1 aromatic carbocycles. The number of carbonyl (C=O) groups excluding carboxylic acids is 1. The Morgan fingerprint density at radius 3 is 2.75 bits per heavy atom. The molecule has 0 radical (unpaired) electrons. The number of hydrogen-bond donors (Lipinski definition) is 1. The van der Waals surface area contributed by atoms with Crippen molar-refractivity contribution in [1.82, 2.24) is 4.90 Å². The van der Waals surface area contributed by atoms with Gasteiger partial charge in [-0.05, 0) is 30.9 Å². The van der Waals surface area contributed by atoms with Gasteiger partial charge in [0.05, 0.1) is 4.92 Å². The van der Waals surface area contributed by atoms with Gasteiger partial charge in [-0.2, -0.15) is 5.26 Å². The van der Waals surface area contributed by atoms with Gasteiger partial charge >= 0.3 is 0 Å². The zero-order valence-electron chi connectivity index (χ0n) is 13.2. The SMILES string of the molecule is CC1CCN(/C=C(/C#N)C(=O)Nc2ccc(Cl)c([N+](=O)[O-])c2)CC1. The van der Waals surface area contributed by atoms with Crippen molar-refractivity contribution in [2.45, 2.75) is 19.8 Å². The minimum absolute atomic E-state index is 0.0171. The van der Waals surface area contributed by atoms with E-state index in [0.717, 1.165) is 32.0 Å². The van der Waals surface area contributed by atoms with Crippen LogP contribution < -0.4 is 5.32 Å². The molecule has 0 spiro atoms. The second-order valence-corrected chi connectivity index (χ2v) is 6.16. The molecule has 0 unspecified atom stereocenters. The maximum atomic E-state index is 12.2. The summed E-state index contributed by atoms with van der Waals surface area (Å²) < 4.78 is 0. The van der Waals surface area contributed by atoms with Crippen LogP contribution >= 0.6 is 11.6 Å². The average Bonchev–Trinajstić information content (AvgIpc) is 2.55. The summed E-state index contributed by atoms with van der Waals surface area (Å²) in [4.78, 5) is 24.4. The van der Waals surface area contributed by atoms with Crippen LogP contribution in [-0.4, -0.2) is 28.8 Å². The maximum Gasteiger partial charge on any atom is 0.289 e. The van der Waals surface area contributed by atoms with Crippen LogP contribution in [0.25, 0.3) is 0 Å².